The van der Waals surface area contributed by atoms with Gasteiger partial charge in [0.2, 0.25) is 29.1 Å². The summed E-state index contributed by atoms with van der Waals surface area (Å²) < 4.78 is 75.0. The Labute approximate surface area is 196 Å². The molecule has 0 unspecified atom stereocenters. The number of rotatable bonds is 13. The summed E-state index contributed by atoms with van der Waals surface area (Å²) in [6.07, 6.45) is 10.8. The van der Waals surface area contributed by atoms with E-state index in [1.165, 1.54) is 25.7 Å². The Hall–Kier alpha value is -1.02. The minimum Gasteiger partial charge on any atom is -0.487 e. The van der Waals surface area contributed by atoms with Gasteiger partial charge in [-0.05, 0) is 32.4 Å². The summed E-state index contributed by atoms with van der Waals surface area (Å²) >= 11 is 4.15. The number of methoxy groups -OCH3 is 1. The summed E-state index contributed by atoms with van der Waals surface area (Å²) in [5.41, 5.74) is 0. The van der Waals surface area contributed by atoms with Gasteiger partial charge in [-0.3, -0.25) is 0 Å². The second-order valence-corrected chi connectivity index (χ2v) is 8.09. The lowest BCUT2D eigenvalue weighted by atomic mass is 10.1. The van der Waals surface area contributed by atoms with Gasteiger partial charge in [-0.15, -0.1) is 0 Å². The lowest BCUT2D eigenvalue weighted by Crippen LogP contribution is -2.08. The van der Waals surface area contributed by atoms with Crippen molar-refractivity contribution >= 4 is 12.6 Å². The van der Waals surface area contributed by atoms with Crippen molar-refractivity contribution in [3.8, 4) is 5.75 Å². The zero-order valence-electron chi connectivity index (χ0n) is 20.2. The fourth-order valence-corrected chi connectivity index (χ4v) is 2.56. The molecule has 190 valence electrons. The van der Waals surface area contributed by atoms with E-state index in [0.29, 0.717) is 12.5 Å². The Morgan fingerprint density at radius 1 is 0.656 bits per heavy atom. The van der Waals surface area contributed by atoms with E-state index in [4.69, 9.17) is 9.47 Å². The summed E-state index contributed by atoms with van der Waals surface area (Å²) in [5, 5.41) is 0. The minimum atomic E-state index is -2.17. The molecule has 0 saturated heterocycles. The number of unbranched alkanes of at least 4 members (excludes halogenated alkanes) is 8. The highest BCUT2D eigenvalue weighted by molar-refractivity contribution is 7.80. The second kappa shape index (κ2) is 21.8. The van der Waals surface area contributed by atoms with Crippen LogP contribution in [0, 0.1) is 29.1 Å². The monoisotopic (exact) mass is 488 g/mol. The molecule has 1 aromatic rings. The average Bonchev–Trinajstić information content (AvgIpc) is 2.77. The topological polar surface area (TPSA) is 18.5 Å². The fourth-order valence-electron chi connectivity index (χ4n) is 2.34. The summed E-state index contributed by atoms with van der Waals surface area (Å²) in [4.78, 5) is 0. The summed E-state index contributed by atoms with van der Waals surface area (Å²) in [7, 11) is 1.70. The van der Waals surface area contributed by atoms with E-state index in [2.05, 4.69) is 26.5 Å². The smallest absolute Gasteiger partial charge is 0.206 e. The van der Waals surface area contributed by atoms with Crippen molar-refractivity contribution < 1.29 is 31.4 Å². The van der Waals surface area contributed by atoms with Gasteiger partial charge >= 0.3 is 0 Å². The van der Waals surface area contributed by atoms with Crippen LogP contribution in [0.25, 0.3) is 0 Å². The van der Waals surface area contributed by atoms with Crippen LogP contribution in [0.3, 0.4) is 0 Å². The van der Waals surface area contributed by atoms with Crippen LogP contribution in [0.1, 0.15) is 91.9 Å². The molecule has 2 nitrogen and oxygen atoms in total. The molecule has 0 spiro atoms. The Bertz CT molecular complexity index is 557. The van der Waals surface area contributed by atoms with E-state index in [0.717, 1.165) is 37.9 Å². The lowest BCUT2D eigenvalue weighted by Gasteiger charge is -2.10. The molecule has 1 aromatic carbocycles. The standard InChI is InChI=1S/C17H23F5OS.C4H10O.C3H8/c18-12-13(19)15(21)17(16(22)14(12)20)23-10-8-6-4-2-1-3-5-7-9-11-24;1-4(2)5-3;1-3-2/h24H,1-11H2;4H,1-3H3;3H2,1-2H3. The zero-order chi connectivity index (χ0) is 24.9. The van der Waals surface area contributed by atoms with Crippen LogP contribution in [0.2, 0.25) is 0 Å². The van der Waals surface area contributed by atoms with Crippen LogP contribution in [0.4, 0.5) is 22.0 Å². The largest absolute Gasteiger partial charge is 0.487 e. The fraction of sp³-hybridized carbons (Fsp3) is 0.750. The molecule has 1 rings (SSSR count). The Kier molecular flexibility index (Phi) is 22.6. The van der Waals surface area contributed by atoms with Gasteiger partial charge in [0.05, 0.1) is 12.7 Å². The maximum atomic E-state index is 13.4. The van der Waals surface area contributed by atoms with Gasteiger partial charge in [0.25, 0.3) is 0 Å². The van der Waals surface area contributed by atoms with E-state index in [-0.39, 0.29) is 6.61 Å². The van der Waals surface area contributed by atoms with Crippen molar-refractivity contribution in [2.24, 2.45) is 0 Å². The molecule has 0 aromatic heterocycles. The molecular weight excluding hydrogens is 447 g/mol. The second-order valence-electron chi connectivity index (χ2n) is 7.64. The highest BCUT2D eigenvalue weighted by Crippen LogP contribution is 2.29. The van der Waals surface area contributed by atoms with Gasteiger partial charge in [0, 0.05) is 7.11 Å². The van der Waals surface area contributed by atoms with Gasteiger partial charge in [-0.1, -0.05) is 65.2 Å². The van der Waals surface area contributed by atoms with Gasteiger partial charge < -0.3 is 9.47 Å². The number of hydrogen-bond acceptors (Lipinski definition) is 3. The third-order valence-electron chi connectivity index (χ3n) is 4.19. The molecule has 0 atom stereocenters. The van der Waals surface area contributed by atoms with Crippen LogP contribution < -0.4 is 4.74 Å². The number of ether oxygens (including phenoxy) is 2. The van der Waals surface area contributed by atoms with Crippen molar-refractivity contribution in [1.82, 2.24) is 0 Å². The van der Waals surface area contributed by atoms with Crippen LogP contribution in [-0.2, 0) is 4.74 Å². The predicted octanol–water partition coefficient (Wildman–Crippen LogP) is 8.66. The highest BCUT2D eigenvalue weighted by atomic mass is 32.1. The molecule has 0 aliphatic rings. The first kappa shape index (κ1) is 33.2. The van der Waals surface area contributed by atoms with Gasteiger partial charge in [-0.25, -0.2) is 13.2 Å². The number of thiol groups is 1. The molecule has 0 radical (unpaired) electrons. The normalized spacial score (nSPS) is 10.4. The molecule has 0 heterocycles. The van der Waals surface area contributed by atoms with Crippen LogP contribution in [-0.4, -0.2) is 25.6 Å². The van der Waals surface area contributed by atoms with Gasteiger partial charge in [0.1, 0.15) is 0 Å². The Balaban J connectivity index is 0. The van der Waals surface area contributed by atoms with Crippen molar-refractivity contribution in [2.45, 2.75) is 98.0 Å². The first-order valence-electron chi connectivity index (χ1n) is 11.5. The van der Waals surface area contributed by atoms with Gasteiger partial charge in [-0.2, -0.15) is 21.4 Å². The van der Waals surface area contributed by atoms with Crippen molar-refractivity contribution in [3.05, 3.63) is 29.1 Å². The zero-order valence-corrected chi connectivity index (χ0v) is 21.1. The molecule has 0 bridgehead atoms. The van der Waals surface area contributed by atoms with Crippen molar-refractivity contribution in [1.29, 1.82) is 0 Å². The third-order valence-corrected chi connectivity index (χ3v) is 4.51. The minimum absolute atomic E-state index is 0.0830. The van der Waals surface area contributed by atoms with Crippen molar-refractivity contribution in [2.75, 3.05) is 19.5 Å². The lowest BCUT2D eigenvalue weighted by molar-refractivity contribution is 0.134. The molecule has 0 aliphatic heterocycles. The summed E-state index contributed by atoms with van der Waals surface area (Å²) in [5.74, 6) is -10.3. The maximum absolute atomic E-state index is 13.4. The SMILES string of the molecule is CCC.COC(C)C.Fc1c(F)c(F)c(OCCCCCCCCCCCS)c(F)c1F. The molecule has 0 fully saturated rings. The number of halogens is 5. The van der Waals surface area contributed by atoms with Crippen LogP contribution in [0.5, 0.6) is 5.75 Å². The highest BCUT2D eigenvalue weighted by Gasteiger charge is 2.26. The molecular formula is C24H41F5O2S. The maximum Gasteiger partial charge on any atom is 0.206 e. The molecule has 0 amide bonds. The van der Waals surface area contributed by atoms with E-state index in [9.17, 15) is 22.0 Å². The molecule has 0 saturated carbocycles. The molecule has 0 N–H and O–H groups in total. The third kappa shape index (κ3) is 15.7. The molecule has 32 heavy (non-hydrogen) atoms. The molecule has 8 heteroatoms. The van der Waals surface area contributed by atoms with Crippen LogP contribution in [0.15, 0.2) is 0 Å². The number of benzene rings is 1. The summed E-state index contributed by atoms with van der Waals surface area (Å²) in [6, 6.07) is 0. The average molecular weight is 489 g/mol. The summed E-state index contributed by atoms with van der Waals surface area (Å²) in [6.45, 7) is 8.17. The van der Waals surface area contributed by atoms with Crippen molar-refractivity contribution in [3.63, 3.8) is 0 Å². The van der Waals surface area contributed by atoms with E-state index in [1.54, 1.807) is 7.11 Å². The Morgan fingerprint density at radius 3 is 1.31 bits per heavy atom. The first-order valence-corrected chi connectivity index (χ1v) is 12.1. The molecule has 0 aliphatic carbocycles. The predicted molar refractivity (Wildman–Crippen MR) is 125 cm³/mol. The quantitative estimate of drug-likeness (QED) is 0.0984. The Morgan fingerprint density at radius 2 is 0.969 bits per heavy atom. The van der Waals surface area contributed by atoms with E-state index in [1.807, 2.05) is 13.8 Å². The van der Waals surface area contributed by atoms with Gasteiger partial charge in [0.15, 0.2) is 5.75 Å². The van der Waals surface area contributed by atoms with E-state index < -0.39 is 34.8 Å². The first-order chi connectivity index (χ1) is 15.2. The van der Waals surface area contributed by atoms with E-state index >= 15 is 0 Å². The van der Waals surface area contributed by atoms with Crippen LogP contribution >= 0.6 is 12.6 Å². The number of hydrogen-bond donors (Lipinski definition) is 1.